The van der Waals surface area contributed by atoms with Crippen molar-refractivity contribution in [2.75, 3.05) is 17.7 Å². The number of benzene rings is 5. The Morgan fingerprint density at radius 2 is 1.45 bits per heavy atom. The van der Waals surface area contributed by atoms with Gasteiger partial charge in [0.05, 0.1) is 27.3 Å². The van der Waals surface area contributed by atoms with Crippen molar-refractivity contribution >= 4 is 81.8 Å². The van der Waals surface area contributed by atoms with E-state index in [-0.39, 0.29) is 28.1 Å². The Bertz CT molecular complexity index is 2510. The zero-order valence-electron chi connectivity index (χ0n) is 27.6. The van der Waals surface area contributed by atoms with Gasteiger partial charge in [0, 0.05) is 11.3 Å². The van der Waals surface area contributed by atoms with Crippen LogP contribution in [0.5, 0.6) is 5.75 Å². The van der Waals surface area contributed by atoms with Crippen LogP contribution in [0.2, 0.25) is 0 Å². The largest absolute Gasteiger partial charge is 0.771 e. The third kappa shape index (κ3) is 8.60. The fourth-order valence-electron chi connectivity index (χ4n) is 5.00. The molecule has 0 saturated carbocycles. The van der Waals surface area contributed by atoms with Gasteiger partial charge in [-0.05, 0) is 109 Å². The molecule has 1 amide bonds. The number of carbonyl (C=O) groups excluding carboxylic acids is 1. The van der Waals surface area contributed by atoms with Crippen LogP contribution in [0.4, 0.5) is 34.1 Å². The number of aromatic hydroxyl groups is 1. The fourth-order valence-corrected chi connectivity index (χ4v) is 8.06. The highest BCUT2D eigenvalue weighted by Gasteiger charge is 2.29. The van der Waals surface area contributed by atoms with Gasteiger partial charge in [-0.1, -0.05) is 17.7 Å². The van der Waals surface area contributed by atoms with Crippen LogP contribution in [0, 0.1) is 13.8 Å². The number of hydrogen-bond acceptors (Lipinski definition) is 15. The number of phenolic OH excluding ortho intramolecular Hbond substituents is 1. The Morgan fingerprint density at radius 3 is 2.00 bits per heavy atom. The number of aryl methyl sites for hydroxylation is 2. The van der Waals surface area contributed by atoms with Crippen LogP contribution in [0.3, 0.4) is 0 Å². The predicted octanol–water partition coefficient (Wildman–Crippen LogP) is 6.54. The first-order valence-corrected chi connectivity index (χ1v) is 19.2. The first-order chi connectivity index (χ1) is 25.0. The molecule has 17 nitrogen and oxygen atoms in total. The van der Waals surface area contributed by atoms with Crippen molar-refractivity contribution in [3.63, 3.8) is 0 Å². The number of fused-ring (bicyclic) bond motifs is 1. The molecule has 0 spiro atoms. The van der Waals surface area contributed by atoms with Crippen LogP contribution in [-0.2, 0) is 35.9 Å². The van der Waals surface area contributed by atoms with E-state index in [4.69, 9.17) is 11.0 Å². The summed E-state index contributed by atoms with van der Waals surface area (Å²) in [5.41, 5.74) is 7.97. The third-order valence-electron chi connectivity index (χ3n) is 7.72. The maximum atomic E-state index is 12.7. The smallest absolute Gasteiger partial charge is 0.296 e. The van der Waals surface area contributed by atoms with Crippen LogP contribution in [0.15, 0.2) is 115 Å². The van der Waals surface area contributed by atoms with Crippen molar-refractivity contribution in [3.05, 3.63) is 102 Å². The summed E-state index contributed by atoms with van der Waals surface area (Å²) >= 11 is -3.16. The summed E-state index contributed by atoms with van der Waals surface area (Å²) in [5.74, 6) is -0.837. The molecule has 5 aromatic carbocycles. The van der Waals surface area contributed by atoms with E-state index in [1.807, 2.05) is 19.1 Å². The lowest BCUT2D eigenvalue weighted by atomic mass is 10.0. The lowest BCUT2D eigenvalue weighted by Gasteiger charge is -2.18. The Hall–Kier alpha value is -5.48. The minimum atomic E-state index is -4.97. The van der Waals surface area contributed by atoms with Crippen LogP contribution in [-0.4, -0.2) is 57.6 Å². The van der Waals surface area contributed by atoms with E-state index >= 15 is 0 Å². The fraction of sp³-hybridized carbons (Fsp3) is 0.121. The molecule has 0 aliphatic heterocycles. The van der Waals surface area contributed by atoms with Crippen LogP contribution < -0.4 is 11.1 Å². The zero-order valence-corrected chi connectivity index (χ0v) is 30.0. The number of nitrogen functional groups attached to an aromatic ring is 1. The molecule has 0 aliphatic carbocycles. The SMILES string of the molecule is Cc1ccc(NC(=O)c2ccc(N=Nc3c(C)cc4cc(S(=O)(=O)O)c(N=Nc5ccc(S(=O)(=O)C(COO)S(=O)[O-])cc5)c(N)c4c3O)cc2)cc1. The van der Waals surface area contributed by atoms with Gasteiger partial charge in [-0.25, -0.2) is 13.3 Å². The normalized spacial score (nSPS) is 13.5. The highest BCUT2D eigenvalue weighted by molar-refractivity contribution is 8.04. The second kappa shape index (κ2) is 15.6. The molecule has 276 valence electrons. The van der Waals surface area contributed by atoms with Crippen molar-refractivity contribution in [1.29, 1.82) is 0 Å². The minimum absolute atomic E-state index is 0.0337. The van der Waals surface area contributed by atoms with Gasteiger partial charge in [-0.2, -0.15) is 18.6 Å². The van der Waals surface area contributed by atoms with E-state index < -0.39 is 69.1 Å². The number of azo groups is 2. The molecule has 0 radical (unpaired) electrons. The first-order valence-electron chi connectivity index (χ1n) is 15.1. The number of nitrogens with one attached hydrogen (secondary N) is 1. The quantitative estimate of drug-likeness (QED) is 0.0225. The van der Waals surface area contributed by atoms with Crippen molar-refractivity contribution in [1.82, 2.24) is 0 Å². The molecule has 0 fully saturated rings. The number of nitrogens with zero attached hydrogens (tertiary/aromatic N) is 4. The molecule has 0 heterocycles. The molecular weight excluding hydrogens is 753 g/mol. The Balaban J connectivity index is 1.46. The highest BCUT2D eigenvalue weighted by atomic mass is 32.3. The average molecular weight is 782 g/mol. The molecule has 6 N–H and O–H groups in total. The third-order valence-corrected chi connectivity index (χ3v) is 12.1. The van der Waals surface area contributed by atoms with Crippen molar-refractivity contribution in [2.24, 2.45) is 20.5 Å². The van der Waals surface area contributed by atoms with Crippen molar-refractivity contribution < 1.29 is 50.2 Å². The van der Waals surface area contributed by atoms with Gasteiger partial charge in [0.25, 0.3) is 16.0 Å². The van der Waals surface area contributed by atoms with Gasteiger partial charge in [0.2, 0.25) is 0 Å². The van der Waals surface area contributed by atoms with E-state index in [2.05, 4.69) is 30.7 Å². The zero-order chi connectivity index (χ0) is 38.7. The standard InChI is InChI=1S/C33H30N6O11S3/c1-18-3-7-22(8-4-18)35-33(41)20-5-9-23(10-6-20)36-38-30-19(2)15-21-16-26(53(47,48)49)31(29(34)28(21)32(30)40)39-37-24-11-13-25(14-12-24)52(45,46)27(17-50-42)51(43)44/h3-16,27,40,42H,17,34H2,1-2H3,(H,35,41)(H,43,44)(H,47,48,49)/p-1. The van der Waals surface area contributed by atoms with Crippen LogP contribution >= 0.6 is 0 Å². The number of nitrogens with two attached hydrogens (primary N) is 1. The molecule has 0 aliphatic rings. The minimum Gasteiger partial charge on any atom is -0.771 e. The van der Waals surface area contributed by atoms with Crippen LogP contribution in [0.25, 0.3) is 10.8 Å². The maximum Gasteiger partial charge on any atom is 0.296 e. The number of amides is 1. The molecule has 2 unspecified atom stereocenters. The molecular formula is C33H29N6O11S3-. The lowest BCUT2D eigenvalue weighted by molar-refractivity contribution is -0.238. The van der Waals surface area contributed by atoms with E-state index in [0.29, 0.717) is 22.5 Å². The molecule has 5 rings (SSSR count). The monoisotopic (exact) mass is 781 g/mol. The van der Waals surface area contributed by atoms with Gasteiger partial charge >= 0.3 is 0 Å². The number of rotatable bonds is 12. The number of sulfone groups is 1. The Labute approximate surface area is 304 Å². The Kier molecular flexibility index (Phi) is 11.4. The van der Waals surface area contributed by atoms with Gasteiger partial charge in [0.1, 0.15) is 22.9 Å². The van der Waals surface area contributed by atoms with Gasteiger partial charge in [-0.3, -0.25) is 18.8 Å². The van der Waals surface area contributed by atoms with E-state index in [1.165, 1.54) is 6.07 Å². The molecule has 0 saturated heterocycles. The van der Waals surface area contributed by atoms with E-state index in [1.54, 1.807) is 43.3 Å². The number of phenols is 1. The number of anilines is 2. The predicted molar refractivity (Wildman–Crippen MR) is 193 cm³/mol. The van der Waals surface area contributed by atoms with E-state index in [9.17, 15) is 40.1 Å². The summed E-state index contributed by atoms with van der Waals surface area (Å²) in [7, 11) is -9.49. The van der Waals surface area contributed by atoms with E-state index in [0.717, 1.165) is 35.9 Å². The summed E-state index contributed by atoms with van der Waals surface area (Å²) in [6, 6.07) is 20.2. The highest BCUT2D eigenvalue weighted by Crippen LogP contribution is 2.47. The molecule has 5 aromatic rings. The summed E-state index contributed by atoms with van der Waals surface area (Å²) < 4.78 is 80.8. The van der Waals surface area contributed by atoms with Crippen LogP contribution in [0.1, 0.15) is 21.5 Å². The lowest BCUT2D eigenvalue weighted by Crippen LogP contribution is -2.30. The summed E-state index contributed by atoms with van der Waals surface area (Å²) in [6.07, 6.45) is 0. The second-order valence-corrected chi connectivity index (χ2v) is 16.3. The number of carbonyl (C=O) groups is 1. The second-order valence-electron chi connectivity index (χ2n) is 11.4. The van der Waals surface area contributed by atoms with Crippen molar-refractivity contribution in [2.45, 2.75) is 28.2 Å². The summed E-state index contributed by atoms with van der Waals surface area (Å²) in [4.78, 5) is 15.2. The molecule has 20 heteroatoms. The molecule has 0 aromatic heterocycles. The summed E-state index contributed by atoms with van der Waals surface area (Å²) in [6.45, 7) is 2.46. The molecule has 0 bridgehead atoms. The first kappa shape index (κ1) is 38.7. The van der Waals surface area contributed by atoms with Gasteiger partial charge < -0.3 is 20.7 Å². The topological polar surface area (TPSA) is 283 Å². The van der Waals surface area contributed by atoms with Crippen molar-refractivity contribution in [3.8, 4) is 5.75 Å². The van der Waals surface area contributed by atoms with Gasteiger partial charge in [-0.15, -0.1) is 10.2 Å². The molecule has 53 heavy (non-hydrogen) atoms. The maximum absolute atomic E-state index is 12.7. The average Bonchev–Trinajstić information content (AvgIpc) is 3.10. The van der Waals surface area contributed by atoms with Gasteiger partial charge in [0.15, 0.2) is 20.2 Å². The number of hydrogen-bond donors (Lipinski definition) is 5. The summed E-state index contributed by atoms with van der Waals surface area (Å²) in [5, 5.41) is 38.8. The molecule has 2 atom stereocenters. The Morgan fingerprint density at radius 1 is 0.887 bits per heavy atom.